The first-order valence-electron chi connectivity index (χ1n) is 22.3. The Balaban J connectivity index is 1.41. The van der Waals surface area contributed by atoms with Gasteiger partial charge in [0, 0.05) is 21.9 Å². The minimum atomic E-state index is -0.722. The van der Waals surface area contributed by atoms with Crippen molar-refractivity contribution in [2.75, 3.05) is 0 Å². The highest BCUT2D eigenvalue weighted by Gasteiger charge is 2.20. The van der Waals surface area contributed by atoms with Crippen LogP contribution in [0.15, 0.2) is 162 Å². The van der Waals surface area contributed by atoms with Crippen LogP contribution in [0.5, 0.6) is 0 Å². The van der Waals surface area contributed by atoms with E-state index in [0.717, 1.165) is 0 Å². The van der Waals surface area contributed by atoms with Crippen molar-refractivity contribution in [2.24, 2.45) is 0 Å². The highest BCUT2D eigenvalue weighted by molar-refractivity contribution is 6.24. The summed E-state index contributed by atoms with van der Waals surface area (Å²) in [6, 6.07) is 2.57. The van der Waals surface area contributed by atoms with Gasteiger partial charge in [-0.25, -0.2) is 0 Å². The van der Waals surface area contributed by atoms with Gasteiger partial charge in [0.1, 0.15) is 11.2 Å². The third-order valence-electron chi connectivity index (χ3n) is 7.49. The fourth-order valence-corrected chi connectivity index (χ4v) is 5.64. The molecular weight excluding hydrogens is 520 g/mol. The average Bonchev–Trinajstić information content (AvgIpc) is 3.65. The molecule has 0 aliphatic heterocycles. The lowest BCUT2D eigenvalue weighted by atomic mass is 9.85. The molecule has 0 spiro atoms. The second kappa shape index (κ2) is 9.44. The molecule has 1 heterocycles. The number of rotatable bonds is 3. The summed E-state index contributed by atoms with van der Waals surface area (Å²) < 4.78 is 164. The summed E-state index contributed by atoms with van der Waals surface area (Å²) in [4.78, 5) is 0. The Morgan fingerprint density at radius 3 is 1.74 bits per heavy atom. The van der Waals surface area contributed by atoms with Gasteiger partial charge < -0.3 is 4.42 Å². The molecule has 0 bridgehead atoms. The van der Waals surface area contributed by atoms with E-state index in [1.807, 2.05) is 0 Å². The van der Waals surface area contributed by atoms with E-state index >= 15 is 0 Å². The van der Waals surface area contributed by atoms with Gasteiger partial charge in [0.2, 0.25) is 0 Å². The molecule has 0 N–H and O–H groups in total. The van der Waals surface area contributed by atoms with Crippen molar-refractivity contribution in [1.82, 2.24) is 0 Å². The highest BCUT2D eigenvalue weighted by Crippen LogP contribution is 2.46. The molecule has 0 unspecified atom stereocenters. The molecule has 9 rings (SSSR count). The maximum atomic E-state index is 9.42. The lowest BCUT2D eigenvalue weighted by Gasteiger charge is -2.18. The van der Waals surface area contributed by atoms with Crippen molar-refractivity contribution in [1.29, 1.82) is 0 Å². The van der Waals surface area contributed by atoms with E-state index < -0.39 is 125 Å². The zero-order chi connectivity index (χ0) is 44.0. The van der Waals surface area contributed by atoms with Gasteiger partial charge in [-0.2, -0.15) is 0 Å². The van der Waals surface area contributed by atoms with E-state index in [-0.39, 0.29) is 44.0 Å². The predicted molar refractivity (Wildman–Crippen MR) is 183 cm³/mol. The van der Waals surface area contributed by atoms with Crippen LogP contribution >= 0.6 is 0 Å². The number of benzene rings is 8. The third-order valence-corrected chi connectivity index (χ3v) is 7.49. The lowest BCUT2D eigenvalue weighted by molar-refractivity contribution is 0.670. The first-order chi connectivity index (χ1) is 28.8. The molecule has 43 heavy (non-hydrogen) atoms. The average molecular weight is 565 g/mol. The van der Waals surface area contributed by atoms with Crippen LogP contribution in [0.2, 0.25) is 0 Å². The normalized spacial score (nSPS) is 17.6. The fourth-order valence-electron chi connectivity index (χ4n) is 5.64. The molecule has 200 valence electrons. The standard InChI is InChI=1S/C42H26O/c1-2-11-30-26-31(25-22-27(30)10-1)28-20-23-29(24-21-28)40-33-13-3-5-15-35(33)41(36-16-6-4-14-34(36)40)38-18-9-17-37-32-12-7-8-19-39(32)43-42(37)38/h1-26H/i1D,2D,7D,8D,9D,10D,11D,12D,17D,18D,19D,20D,21D,22D,23D,24D,25D,26D. The molecular formula is C42H26O. The van der Waals surface area contributed by atoms with Gasteiger partial charge in [-0.3, -0.25) is 0 Å². The van der Waals surface area contributed by atoms with E-state index in [1.165, 1.54) is 0 Å². The molecule has 0 amide bonds. The molecule has 1 nitrogen and oxygen atoms in total. The summed E-state index contributed by atoms with van der Waals surface area (Å²) in [7, 11) is 0. The summed E-state index contributed by atoms with van der Waals surface area (Å²) in [6.45, 7) is 0. The van der Waals surface area contributed by atoms with Crippen molar-refractivity contribution in [3.8, 4) is 33.4 Å². The summed E-state index contributed by atoms with van der Waals surface area (Å²) >= 11 is 0. The molecule has 0 saturated heterocycles. The van der Waals surface area contributed by atoms with Gasteiger partial charge >= 0.3 is 0 Å². The Kier molecular flexibility index (Phi) is 2.70. The van der Waals surface area contributed by atoms with Crippen molar-refractivity contribution in [2.45, 2.75) is 0 Å². The van der Waals surface area contributed by atoms with Crippen LogP contribution in [-0.2, 0) is 0 Å². The number of hydrogen-bond donors (Lipinski definition) is 0. The molecule has 9 aromatic rings. The molecule has 1 aromatic heterocycles. The Hall–Kier alpha value is -5.66. The molecule has 0 fully saturated rings. The van der Waals surface area contributed by atoms with Gasteiger partial charge in [-0.05, 0) is 66.7 Å². The Bertz CT molecular complexity index is 3430. The smallest absolute Gasteiger partial charge is 0.143 e. The van der Waals surface area contributed by atoms with Crippen LogP contribution in [0.4, 0.5) is 0 Å². The molecule has 0 aliphatic carbocycles. The molecule has 0 saturated carbocycles. The van der Waals surface area contributed by atoms with E-state index in [1.54, 1.807) is 48.5 Å². The van der Waals surface area contributed by atoms with Gasteiger partial charge in [0.05, 0.1) is 24.7 Å². The second-order valence-corrected chi connectivity index (χ2v) is 9.85. The van der Waals surface area contributed by atoms with Crippen LogP contribution in [0.3, 0.4) is 0 Å². The van der Waals surface area contributed by atoms with Crippen LogP contribution in [0, 0.1) is 0 Å². The SMILES string of the molecule is [2H]c1c([2H])c(-c2c3ccccc3c(-c3c([2H])c([2H])c([2H])c4c3oc3c([2H])c([2H])c([2H])c([2H])c34)c3ccccc23)c([2H])c([2H])c1-c1c([2H])c([2H])c2c([2H])c([2H])c([2H])c([2H])c2c1[2H]. The Morgan fingerprint density at radius 1 is 0.419 bits per heavy atom. The number of para-hydroxylation sites is 2. The minimum Gasteiger partial charge on any atom is -0.455 e. The monoisotopic (exact) mass is 564 g/mol. The molecule has 0 atom stereocenters. The van der Waals surface area contributed by atoms with Crippen molar-refractivity contribution in [3.05, 3.63) is 157 Å². The van der Waals surface area contributed by atoms with E-state index in [2.05, 4.69) is 0 Å². The van der Waals surface area contributed by atoms with E-state index in [9.17, 15) is 6.85 Å². The lowest BCUT2D eigenvalue weighted by Crippen LogP contribution is -1.91. The van der Waals surface area contributed by atoms with E-state index in [0.29, 0.717) is 27.1 Å². The van der Waals surface area contributed by atoms with Crippen LogP contribution in [0.25, 0.3) is 87.6 Å². The summed E-state index contributed by atoms with van der Waals surface area (Å²) in [5.41, 5.74) is -1.07. The fraction of sp³-hybridized carbons (Fsp3) is 0. The highest BCUT2D eigenvalue weighted by atomic mass is 16.3. The van der Waals surface area contributed by atoms with Crippen molar-refractivity contribution < 1.29 is 29.1 Å². The van der Waals surface area contributed by atoms with Crippen LogP contribution in [0.1, 0.15) is 24.7 Å². The summed E-state index contributed by atoms with van der Waals surface area (Å²) in [6.07, 6.45) is 0. The Labute approximate surface area is 274 Å². The molecule has 0 aliphatic rings. The molecule has 0 radical (unpaired) electrons. The minimum absolute atomic E-state index is 0.00402. The zero-order valence-electron chi connectivity index (χ0n) is 40.0. The van der Waals surface area contributed by atoms with Crippen molar-refractivity contribution >= 4 is 54.3 Å². The second-order valence-electron chi connectivity index (χ2n) is 9.85. The van der Waals surface area contributed by atoms with Crippen LogP contribution < -0.4 is 0 Å². The first kappa shape index (κ1) is 12.3. The molecule has 1 heteroatoms. The number of furan rings is 1. The largest absolute Gasteiger partial charge is 0.455 e. The maximum absolute atomic E-state index is 9.42. The van der Waals surface area contributed by atoms with E-state index in [4.69, 9.17) is 22.2 Å². The topological polar surface area (TPSA) is 13.1 Å². The van der Waals surface area contributed by atoms with Gasteiger partial charge in [0.25, 0.3) is 0 Å². The Morgan fingerprint density at radius 2 is 1.00 bits per heavy atom. The first-order valence-corrected chi connectivity index (χ1v) is 13.3. The maximum Gasteiger partial charge on any atom is 0.143 e. The number of hydrogen-bond acceptors (Lipinski definition) is 1. The van der Waals surface area contributed by atoms with Gasteiger partial charge in [0.15, 0.2) is 0 Å². The summed E-state index contributed by atoms with van der Waals surface area (Å²) in [5, 5.41) is 0.479. The molecule has 8 aromatic carbocycles. The zero-order valence-corrected chi connectivity index (χ0v) is 22.0. The predicted octanol–water partition coefficient (Wildman–Crippen LogP) is 12.0. The van der Waals surface area contributed by atoms with Gasteiger partial charge in [-0.1, -0.05) is 145 Å². The quantitative estimate of drug-likeness (QED) is 0.195. The van der Waals surface area contributed by atoms with Crippen LogP contribution in [-0.4, -0.2) is 0 Å². The van der Waals surface area contributed by atoms with Crippen molar-refractivity contribution in [3.63, 3.8) is 0 Å². The number of fused-ring (bicyclic) bond motifs is 6. The van der Waals surface area contributed by atoms with Gasteiger partial charge in [-0.15, -0.1) is 0 Å². The summed E-state index contributed by atoms with van der Waals surface area (Å²) in [5.74, 6) is 0. The third kappa shape index (κ3) is 3.72.